The number of nitrogens with zero attached hydrogens (tertiary/aromatic N) is 6. The van der Waals surface area contributed by atoms with Gasteiger partial charge in [-0.25, -0.2) is 32.7 Å². The Morgan fingerprint density at radius 2 is 1.82 bits per heavy atom. The first-order valence-electron chi connectivity index (χ1n) is 10.7. The van der Waals surface area contributed by atoms with E-state index < -0.39 is 15.7 Å². The standard InChI is InChI=1S/C22H23FN6O3S/c1-33(30,31)16-3-4-19(18(23)13-16)29-12-7-17-20(29)26-14-27-21(17)32-15-5-10-28(11-6-15)22-24-8-2-9-25-22/h2-4,8-9,13-15H,5-7,10-12H2,1H3. The molecule has 0 saturated carbocycles. The second-order valence-corrected chi connectivity index (χ2v) is 10.1. The number of hydrogen-bond donors (Lipinski definition) is 0. The quantitative estimate of drug-likeness (QED) is 0.557. The molecule has 2 aromatic heterocycles. The van der Waals surface area contributed by atoms with Gasteiger partial charge in [-0.05, 0) is 30.7 Å². The van der Waals surface area contributed by atoms with Gasteiger partial charge in [0.2, 0.25) is 11.8 Å². The molecule has 0 amide bonds. The molecule has 33 heavy (non-hydrogen) atoms. The highest BCUT2D eigenvalue weighted by Gasteiger charge is 2.30. The van der Waals surface area contributed by atoms with Crippen molar-refractivity contribution in [1.29, 1.82) is 0 Å². The van der Waals surface area contributed by atoms with Gasteiger partial charge in [0.05, 0.1) is 16.1 Å². The van der Waals surface area contributed by atoms with Crippen LogP contribution < -0.4 is 14.5 Å². The van der Waals surface area contributed by atoms with E-state index in [1.807, 2.05) is 0 Å². The molecule has 1 saturated heterocycles. The number of sulfone groups is 1. The van der Waals surface area contributed by atoms with Crippen LogP contribution in [0.15, 0.2) is 47.9 Å². The maximum Gasteiger partial charge on any atom is 0.225 e. The molecular weight excluding hydrogens is 447 g/mol. The fraction of sp³-hybridized carbons (Fsp3) is 0.364. The molecule has 11 heteroatoms. The van der Waals surface area contributed by atoms with Crippen LogP contribution in [0.3, 0.4) is 0 Å². The number of anilines is 3. The summed E-state index contributed by atoms with van der Waals surface area (Å²) in [5.74, 6) is 1.21. The predicted octanol–water partition coefficient (Wildman–Crippen LogP) is 2.55. The van der Waals surface area contributed by atoms with Crippen LogP contribution in [0.2, 0.25) is 0 Å². The van der Waals surface area contributed by atoms with Crippen molar-refractivity contribution in [2.24, 2.45) is 0 Å². The molecule has 0 radical (unpaired) electrons. The molecule has 0 aliphatic carbocycles. The van der Waals surface area contributed by atoms with Crippen LogP contribution in [0.5, 0.6) is 5.88 Å². The molecule has 0 N–H and O–H groups in total. The largest absolute Gasteiger partial charge is 0.474 e. The van der Waals surface area contributed by atoms with Crippen LogP contribution >= 0.6 is 0 Å². The minimum Gasteiger partial charge on any atom is -0.474 e. The molecule has 4 heterocycles. The van der Waals surface area contributed by atoms with E-state index in [1.54, 1.807) is 23.4 Å². The Morgan fingerprint density at radius 1 is 1.06 bits per heavy atom. The van der Waals surface area contributed by atoms with Crippen molar-refractivity contribution in [3.63, 3.8) is 0 Å². The van der Waals surface area contributed by atoms with Crippen molar-refractivity contribution in [3.05, 3.63) is 54.4 Å². The molecule has 172 valence electrons. The summed E-state index contributed by atoms with van der Waals surface area (Å²) in [6.07, 6.45) is 8.17. The fourth-order valence-corrected chi connectivity index (χ4v) is 4.86. The number of fused-ring (bicyclic) bond motifs is 1. The van der Waals surface area contributed by atoms with Crippen LogP contribution in [0.1, 0.15) is 18.4 Å². The normalized spacial score (nSPS) is 16.7. The average molecular weight is 471 g/mol. The first kappa shape index (κ1) is 21.5. The smallest absolute Gasteiger partial charge is 0.225 e. The Hall–Kier alpha value is -3.34. The van der Waals surface area contributed by atoms with E-state index in [9.17, 15) is 12.8 Å². The second kappa shape index (κ2) is 8.54. The molecule has 5 rings (SSSR count). The molecular formula is C22H23FN6O3S. The first-order valence-corrected chi connectivity index (χ1v) is 12.6. The monoisotopic (exact) mass is 470 g/mol. The number of benzene rings is 1. The first-order chi connectivity index (χ1) is 15.9. The van der Waals surface area contributed by atoms with Gasteiger partial charge in [-0.1, -0.05) is 0 Å². The second-order valence-electron chi connectivity index (χ2n) is 8.12. The lowest BCUT2D eigenvalue weighted by atomic mass is 10.1. The van der Waals surface area contributed by atoms with Gasteiger partial charge in [0, 0.05) is 51.1 Å². The lowest BCUT2D eigenvalue weighted by Crippen LogP contribution is -2.39. The van der Waals surface area contributed by atoms with Crippen LogP contribution in [0.25, 0.3) is 0 Å². The summed E-state index contributed by atoms with van der Waals surface area (Å²) in [6.45, 7) is 2.07. The van der Waals surface area contributed by atoms with Crippen LogP contribution in [0, 0.1) is 5.82 Å². The third-order valence-corrected chi connectivity index (χ3v) is 7.03. The van der Waals surface area contributed by atoms with Crippen molar-refractivity contribution < 1.29 is 17.5 Å². The predicted molar refractivity (Wildman–Crippen MR) is 120 cm³/mol. The van der Waals surface area contributed by atoms with E-state index in [-0.39, 0.29) is 16.7 Å². The molecule has 2 aliphatic rings. The third-order valence-electron chi connectivity index (χ3n) is 5.92. The Kier molecular flexibility index (Phi) is 5.57. The van der Waals surface area contributed by atoms with E-state index >= 15 is 0 Å². The van der Waals surface area contributed by atoms with Gasteiger partial charge in [-0.2, -0.15) is 0 Å². The molecule has 0 atom stereocenters. The number of rotatable bonds is 5. The molecule has 9 nitrogen and oxygen atoms in total. The summed E-state index contributed by atoms with van der Waals surface area (Å²) in [4.78, 5) is 21.1. The third kappa shape index (κ3) is 4.32. The zero-order valence-corrected chi connectivity index (χ0v) is 18.9. The van der Waals surface area contributed by atoms with Crippen molar-refractivity contribution in [2.45, 2.75) is 30.3 Å². The van der Waals surface area contributed by atoms with Crippen LogP contribution in [-0.4, -0.2) is 60.3 Å². The van der Waals surface area contributed by atoms with E-state index in [4.69, 9.17) is 4.74 Å². The zero-order chi connectivity index (χ0) is 23.0. The van der Waals surface area contributed by atoms with Crippen LogP contribution in [0.4, 0.5) is 21.8 Å². The van der Waals surface area contributed by atoms with Crippen molar-refractivity contribution >= 4 is 27.3 Å². The summed E-state index contributed by atoms with van der Waals surface area (Å²) >= 11 is 0. The van der Waals surface area contributed by atoms with E-state index in [1.165, 1.54) is 18.5 Å². The summed E-state index contributed by atoms with van der Waals surface area (Å²) in [5.41, 5.74) is 1.11. The minimum absolute atomic E-state index is 0.00351. The maximum atomic E-state index is 14.8. The zero-order valence-electron chi connectivity index (χ0n) is 18.1. The number of piperidine rings is 1. The van der Waals surface area contributed by atoms with E-state index in [2.05, 4.69) is 24.8 Å². The minimum atomic E-state index is -3.49. The summed E-state index contributed by atoms with van der Waals surface area (Å²) in [6, 6.07) is 5.73. The molecule has 2 aliphatic heterocycles. The highest BCUT2D eigenvalue weighted by molar-refractivity contribution is 7.90. The van der Waals surface area contributed by atoms with E-state index in [0.29, 0.717) is 24.7 Å². The van der Waals surface area contributed by atoms with Crippen LogP contribution in [-0.2, 0) is 16.3 Å². The van der Waals surface area contributed by atoms with E-state index in [0.717, 1.165) is 49.8 Å². The molecule has 1 fully saturated rings. The topological polar surface area (TPSA) is 101 Å². The van der Waals surface area contributed by atoms with Gasteiger partial charge >= 0.3 is 0 Å². The Labute approximate surface area is 191 Å². The highest BCUT2D eigenvalue weighted by atomic mass is 32.2. The number of hydrogen-bond acceptors (Lipinski definition) is 9. The van der Waals surface area contributed by atoms with Gasteiger partial charge in [-0.3, -0.25) is 0 Å². The Balaban J connectivity index is 1.31. The molecule has 0 unspecified atom stereocenters. The number of ether oxygens (including phenoxy) is 1. The van der Waals surface area contributed by atoms with Gasteiger partial charge in [0.1, 0.15) is 24.1 Å². The molecule has 0 bridgehead atoms. The van der Waals surface area contributed by atoms with Gasteiger partial charge in [-0.15, -0.1) is 0 Å². The summed E-state index contributed by atoms with van der Waals surface area (Å²) < 4.78 is 44.5. The van der Waals surface area contributed by atoms with Gasteiger partial charge in [0.25, 0.3) is 0 Å². The SMILES string of the molecule is CS(=O)(=O)c1ccc(N2CCc3c(OC4CCN(c5ncccn5)CC4)ncnc32)c(F)c1. The van der Waals surface area contributed by atoms with Crippen molar-refractivity contribution in [2.75, 3.05) is 35.7 Å². The summed E-state index contributed by atoms with van der Waals surface area (Å²) in [5, 5.41) is 0. The van der Waals surface area contributed by atoms with Crippen molar-refractivity contribution in [1.82, 2.24) is 19.9 Å². The molecule has 0 spiro atoms. The molecule has 3 aromatic rings. The lowest BCUT2D eigenvalue weighted by Gasteiger charge is -2.32. The lowest BCUT2D eigenvalue weighted by molar-refractivity contribution is 0.162. The Morgan fingerprint density at radius 3 is 2.52 bits per heavy atom. The maximum absolute atomic E-state index is 14.8. The van der Waals surface area contributed by atoms with Gasteiger partial charge in [0.15, 0.2) is 9.84 Å². The number of halogens is 1. The van der Waals surface area contributed by atoms with Crippen molar-refractivity contribution in [3.8, 4) is 5.88 Å². The fourth-order valence-electron chi connectivity index (χ4n) is 4.23. The molecule has 1 aromatic carbocycles. The summed E-state index contributed by atoms with van der Waals surface area (Å²) in [7, 11) is -3.49. The number of aromatic nitrogens is 4. The van der Waals surface area contributed by atoms with Gasteiger partial charge < -0.3 is 14.5 Å². The average Bonchev–Trinajstić information content (AvgIpc) is 3.24. The highest BCUT2D eigenvalue weighted by Crippen LogP contribution is 2.38. The Bertz CT molecular complexity index is 1270.